The van der Waals surface area contributed by atoms with Crippen molar-refractivity contribution in [3.05, 3.63) is 109 Å². The molecule has 5 nitrogen and oxygen atoms in total. The van der Waals surface area contributed by atoms with Gasteiger partial charge in [-0.05, 0) is 56.3 Å². The number of Topliss-reactive ketones (excluding diaryl/α,β-unsaturated/α-hetero) is 1. The molecule has 0 bridgehead atoms. The number of aryl methyl sites for hydroxylation is 3. The number of amides is 1. The van der Waals surface area contributed by atoms with Crippen molar-refractivity contribution < 1.29 is 9.59 Å². The van der Waals surface area contributed by atoms with E-state index in [1.54, 1.807) is 0 Å². The Labute approximate surface area is 219 Å². The Morgan fingerprint density at radius 1 is 1.06 bits per heavy atom. The van der Waals surface area contributed by atoms with E-state index in [9.17, 15) is 14.9 Å². The molecule has 7 heteroatoms. The quantitative estimate of drug-likeness (QED) is 0.347. The summed E-state index contributed by atoms with van der Waals surface area (Å²) in [4.78, 5) is 27.4. The summed E-state index contributed by atoms with van der Waals surface area (Å²) >= 11 is 2.81. The van der Waals surface area contributed by atoms with Gasteiger partial charge in [0.2, 0.25) is 0 Å². The molecule has 0 radical (unpaired) electrons. The number of nitrogens with one attached hydrogen (secondary N) is 2. The van der Waals surface area contributed by atoms with Crippen molar-refractivity contribution in [2.45, 2.75) is 33.6 Å². The monoisotopic (exact) mass is 513 g/mol. The van der Waals surface area contributed by atoms with Crippen LogP contribution in [0.25, 0.3) is 0 Å². The third-order valence-electron chi connectivity index (χ3n) is 6.14. The SMILES string of the molecule is CC1=C(C(=O)Nc2ccccc2C)[C@H](c2cccs2)C(C#N)=C(SCC(=O)c2ccc(C)cc2C)N1. The van der Waals surface area contributed by atoms with Crippen LogP contribution < -0.4 is 10.6 Å². The Balaban J connectivity index is 1.65. The van der Waals surface area contributed by atoms with Crippen molar-refractivity contribution >= 4 is 40.5 Å². The summed E-state index contributed by atoms with van der Waals surface area (Å²) in [5.74, 6) is -0.580. The summed E-state index contributed by atoms with van der Waals surface area (Å²) < 4.78 is 0. The van der Waals surface area contributed by atoms with Crippen LogP contribution in [0.15, 0.2) is 81.8 Å². The number of dihydropyridines is 1. The highest BCUT2D eigenvalue weighted by molar-refractivity contribution is 8.03. The molecule has 1 aromatic heterocycles. The number of hydrogen-bond donors (Lipinski definition) is 2. The van der Waals surface area contributed by atoms with E-state index in [1.807, 2.05) is 87.7 Å². The molecule has 0 saturated heterocycles. The van der Waals surface area contributed by atoms with Crippen LogP contribution in [0.5, 0.6) is 0 Å². The molecule has 182 valence electrons. The number of thioether (sulfide) groups is 1. The number of rotatable bonds is 7. The predicted octanol–water partition coefficient (Wildman–Crippen LogP) is 6.62. The van der Waals surface area contributed by atoms with Crippen molar-refractivity contribution in [1.29, 1.82) is 5.26 Å². The molecule has 36 heavy (non-hydrogen) atoms. The zero-order chi connectivity index (χ0) is 25.8. The number of hydrogen-bond acceptors (Lipinski definition) is 6. The standard InChI is InChI=1S/C29H27N3O2S2/c1-17-11-12-21(19(3)14-17)24(33)16-36-29-22(15-30)27(25-10-7-13-35-25)26(20(4)31-29)28(34)32-23-9-6-5-8-18(23)2/h5-14,27,31H,16H2,1-4H3,(H,32,34)/t27-/m0/s1. The second-order valence-corrected chi connectivity index (χ2v) is 10.7. The smallest absolute Gasteiger partial charge is 0.254 e. The van der Waals surface area contributed by atoms with Crippen LogP contribution in [-0.4, -0.2) is 17.4 Å². The number of allylic oxidation sites excluding steroid dienone is 2. The van der Waals surface area contributed by atoms with Crippen LogP contribution in [0, 0.1) is 32.1 Å². The molecular weight excluding hydrogens is 486 g/mol. The number of para-hydroxylation sites is 1. The lowest BCUT2D eigenvalue weighted by molar-refractivity contribution is -0.113. The molecule has 0 saturated carbocycles. The Morgan fingerprint density at radius 3 is 2.50 bits per heavy atom. The van der Waals surface area contributed by atoms with Gasteiger partial charge in [0, 0.05) is 27.4 Å². The number of nitriles is 1. The zero-order valence-electron chi connectivity index (χ0n) is 20.6. The first kappa shape index (κ1) is 25.5. The molecule has 1 atom stereocenters. The molecule has 2 aromatic carbocycles. The van der Waals surface area contributed by atoms with E-state index in [4.69, 9.17) is 0 Å². The van der Waals surface area contributed by atoms with Crippen LogP contribution in [0.1, 0.15) is 44.8 Å². The van der Waals surface area contributed by atoms with E-state index < -0.39 is 5.92 Å². The maximum atomic E-state index is 13.5. The summed E-state index contributed by atoms with van der Waals surface area (Å²) in [6.45, 7) is 7.71. The fourth-order valence-electron chi connectivity index (χ4n) is 4.31. The molecule has 2 heterocycles. The Hall–Kier alpha value is -3.60. The van der Waals surface area contributed by atoms with Gasteiger partial charge in [0.05, 0.1) is 28.3 Å². The van der Waals surface area contributed by atoms with E-state index in [0.29, 0.717) is 27.4 Å². The van der Waals surface area contributed by atoms with Gasteiger partial charge in [-0.1, -0.05) is 59.8 Å². The number of thiophene rings is 1. The first-order chi connectivity index (χ1) is 17.3. The molecule has 2 N–H and O–H groups in total. The molecule has 4 rings (SSSR count). The van der Waals surface area contributed by atoms with E-state index >= 15 is 0 Å². The highest BCUT2D eigenvalue weighted by atomic mass is 32.2. The molecule has 0 aliphatic carbocycles. The number of carbonyl (C=O) groups excluding carboxylic acids is 2. The molecule has 0 fully saturated rings. The molecule has 0 spiro atoms. The van der Waals surface area contributed by atoms with Crippen molar-refractivity contribution in [2.75, 3.05) is 11.1 Å². The second-order valence-electron chi connectivity index (χ2n) is 8.77. The van der Waals surface area contributed by atoms with E-state index in [0.717, 1.165) is 27.3 Å². The van der Waals surface area contributed by atoms with E-state index in [-0.39, 0.29) is 17.4 Å². The molecule has 1 aliphatic heterocycles. The van der Waals surface area contributed by atoms with E-state index in [2.05, 4.69) is 16.7 Å². The normalized spacial score (nSPS) is 15.4. The van der Waals surface area contributed by atoms with E-state index in [1.165, 1.54) is 23.1 Å². The first-order valence-corrected chi connectivity index (χ1v) is 13.4. The number of anilines is 1. The number of carbonyl (C=O) groups is 2. The maximum absolute atomic E-state index is 13.5. The van der Waals surface area contributed by atoms with Crippen LogP contribution in [-0.2, 0) is 4.79 Å². The topological polar surface area (TPSA) is 82.0 Å². The molecule has 3 aromatic rings. The average molecular weight is 514 g/mol. The summed E-state index contributed by atoms with van der Waals surface area (Å²) in [6.07, 6.45) is 0. The van der Waals surface area contributed by atoms with Gasteiger partial charge in [-0.2, -0.15) is 5.26 Å². The molecule has 1 aliphatic rings. The highest BCUT2D eigenvalue weighted by Gasteiger charge is 2.35. The third kappa shape index (κ3) is 5.30. The fraction of sp³-hybridized carbons (Fsp3) is 0.207. The Kier molecular flexibility index (Phi) is 7.78. The number of nitrogens with zero attached hydrogens (tertiary/aromatic N) is 1. The third-order valence-corrected chi connectivity index (χ3v) is 8.10. The van der Waals surface area contributed by atoms with Crippen LogP contribution >= 0.6 is 23.1 Å². The summed E-state index contributed by atoms with van der Waals surface area (Å²) in [5, 5.41) is 19.0. The lowest BCUT2D eigenvalue weighted by Crippen LogP contribution is -2.30. The molecular formula is C29H27N3O2S2. The van der Waals surface area contributed by atoms with Crippen LogP contribution in [0.4, 0.5) is 5.69 Å². The summed E-state index contributed by atoms with van der Waals surface area (Å²) in [7, 11) is 0. The number of ketones is 1. The first-order valence-electron chi connectivity index (χ1n) is 11.6. The largest absolute Gasteiger partial charge is 0.353 e. The minimum Gasteiger partial charge on any atom is -0.353 e. The Bertz CT molecular complexity index is 1430. The fourth-order valence-corrected chi connectivity index (χ4v) is 6.13. The Morgan fingerprint density at radius 2 is 1.83 bits per heavy atom. The summed E-state index contributed by atoms with van der Waals surface area (Å²) in [6, 6.07) is 19.6. The van der Waals surface area contributed by atoms with Gasteiger partial charge in [0.25, 0.3) is 5.91 Å². The average Bonchev–Trinajstić information content (AvgIpc) is 3.38. The van der Waals surface area contributed by atoms with Gasteiger partial charge >= 0.3 is 0 Å². The second kappa shape index (κ2) is 11.0. The molecule has 0 unspecified atom stereocenters. The van der Waals surface area contributed by atoms with Gasteiger partial charge in [-0.3, -0.25) is 9.59 Å². The molecule has 1 amide bonds. The summed E-state index contributed by atoms with van der Waals surface area (Å²) in [5.41, 5.74) is 6.03. The van der Waals surface area contributed by atoms with Crippen molar-refractivity contribution in [3.8, 4) is 6.07 Å². The van der Waals surface area contributed by atoms with Crippen molar-refractivity contribution in [3.63, 3.8) is 0 Å². The maximum Gasteiger partial charge on any atom is 0.254 e. The van der Waals surface area contributed by atoms with Gasteiger partial charge in [0.1, 0.15) is 0 Å². The van der Waals surface area contributed by atoms with Crippen molar-refractivity contribution in [2.24, 2.45) is 0 Å². The van der Waals surface area contributed by atoms with Crippen LogP contribution in [0.3, 0.4) is 0 Å². The zero-order valence-corrected chi connectivity index (χ0v) is 22.3. The number of benzene rings is 2. The van der Waals surface area contributed by atoms with Gasteiger partial charge in [-0.15, -0.1) is 11.3 Å². The lowest BCUT2D eigenvalue weighted by atomic mass is 9.86. The van der Waals surface area contributed by atoms with Gasteiger partial charge in [-0.25, -0.2) is 0 Å². The van der Waals surface area contributed by atoms with Crippen molar-refractivity contribution in [1.82, 2.24) is 5.32 Å². The van der Waals surface area contributed by atoms with Gasteiger partial charge < -0.3 is 10.6 Å². The predicted molar refractivity (Wildman–Crippen MR) is 148 cm³/mol. The van der Waals surface area contributed by atoms with Crippen LogP contribution in [0.2, 0.25) is 0 Å². The minimum atomic E-state index is -0.515. The van der Waals surface area contributed by atoms with Gasteiger partial charge in [0.15, 0.2) is 5.78 Å². The highest BCUT2D eigenvalue weighted by Crippen LogP contribution is 2.42. The lowest BCUT2D eigenvalue weighted by Gasteiger charge is -2.29. The minimum absolute atomic E-state index is 0.00138.